The van der Waals surface area contributed by atoms with E-state index in [9.17, 15) is 0 Å². The molecule has 0 amide bonds. The third-order valence-electron chi connectivity index (χ3n) is 4.55. The lowest BCUT2D eigenvalue weighted by atomic mass is 10.1. The number of ether oxygens (including phenoxy) is 1. The van der Waals surface area contributed by atoms with Crippen LogP contribution in [0.2, 0.25) is 0 Å². The average molecular weight is 371 g/mol. The SMILES string of the molecule is Cc1ccc(NCc2cccc(Oc3nnnn3-c3ccccc3)c2)cc1C. The van der Waals surface area contributed by atoms with Crippen LogP contribution in [0.4, 0.5) is 5.69 Å². The van der Waals surface area contributed by atoms with Crippen LogP contribution in [-0.2, 0) is 6.54 Å². The van der Waals surface area contributed by atoms with Gasteiger partial charge in [-0.15, -0.1) is 0 Å². The summed E-state index contributed by atoms with van der Waals surface area (Å²) in [6.07, 6.45) is 0. The van der Waals surface area contributed by atoms with Gasteiger partial charge in [-0.05, 0) is 77.4 Å². The molecule has 6 heteroatoms. The molecule has 0 atom stereocenters. The molecule has 4 rings (SSSR count). The Morgan fingerprint density at radius 1 is 0.893 bits per heavy atom. The third kappa shape index (κ3) is 4.01. The summed E-state index contributed by atoms with van der Waals surface area (Å²) in [5.74, 6) is 0.686. The number of para-hydroxylation sites is 1. The predicted molar refractivity (Wildman–Crippen MR) is 109 cm³/mol. The van der Waals surface area contributed by atoms with Gasteiger partial charge >= 0.3 is 6.01 Å². The molecule has 0 aliphatic rings. The van der Waals surface area contributed by atoms with Gasteiger partial charge in [0.05, 0.1) is 5.69 Å². The second kappa shape index (κ2) is 7.92. The summed E-state index contributed by atoms with van der Waals surface area (Å²) >= 11 is 0. The van der Waals surface area contributed by atoms with Gasteiger partial charge < -0.3 is 10.1 Å². The normalized spacial score (nSPS) is 10.6. The Morgan fingerprint density at radius 3 is 2.57 bits per heavy atom. The number of anilines is 1. The maximum atomic E-state index is 5.93. The van der Waals surface area contributed by atoms with Crippen LogP contribution in [-0.4, -0.2) is 20.2 Å². The molecular weight excluding hydrogens is 350 g/mol. The molecule has 1 heterocycles. The molecule has 0 spiro atoms. The Hall–Kier alpha value is -3.67. The fraction of sp³-hybridized carbons (Fsp3) is 0.136. The summed E-state index contributed by atoms with van der Waals surface area (Å²) in [6.45, 7) is 4.93. The third-order valence-corrected chi connectivity index (χ3v) is 4.55. The second-order valence-corrected chi connectivity index (χ2v) is 6.61. The molecule has 0 aliphatic carbocycles. The number of nitrogens with zero attached hydrogens (tertiary/aromatic N) is 4. The molecule has 1 aromatic heterocycles. The number of aryl methyl sites for hydroxylation is 2. The Balaban J connectivity index is 1.47. The average Bonchev–Trinajstić information content (AvgIpc) is 3.18. The first-order valence-electron chi connectivity index (χ1n) is 9.11. The number of hydrogen-bond donors (Lipinski definition) is 1. The zero-order valence-electron chi connectivity index (χ0n) is 15.8. The van der Waals surface area contributed by atoms with Crippen LogP contribution in [0.3, 0.4) is 0 Å². The Kier molecular flexibility index (Phi) is 5.01. The molecule has 0 bridgehead atoms. The minimum atomic E-state index is 0.325. The number of hydrogen-bond acceptors (Lipinski definition) is 5. The lowest BCUT2D eigenvalue weighted by Gasteiger charge is -2.10. The van der Waals surface area contributed by atoms with E-state index in [1.165, 1.54) is 11.1 Å². The maximum absolute atomic E-state index is 5.93. The molecule has 0 unspecified atom stereocenters. The summed E-state index contributed by atoms with van der Waals surface area (Å²) in [6, 6.07) is 24.2. The van der Waals surface area contributed by atoms with E-state index in [1.54, 1.807) is 4.68 Å². The van der Waals surface area contributed by atoms with Crippen molar-refractivity contribution in [3.63, 3.8) is 0 Å². The number of rotatable bonds is 6. The highest BCUT2D eigenvalue weighted by atomic mass is 16.5. The summed E-state index contributed by atoms with van der Waals surface area (Å²) in [4.78, 5) is 0. The van der Waals surface area contributed by atoms with Crippen LogP contribution in [0.15, 0.2) is 72.8 Å². The Morgan fingerprint density at radius 2 is 1.75 bits per heavy atom. The van der Waals surface area contributed by atoms with Crippen molar-refractivity contribution in [2.75, 3.05) is 5.32 Å². The van der Waals surface area contributed by atoms with E-state index in [0.29, 0.717) is 18.3 Å². The van der Waals surface area contributed by atoms with E-state index in [1.807, 2.05) is 48.5 Å². The molecule has 0 radical (unpaired) electrons. The van der Waals surface area contributed by atoms with E-state index in [-0.39, 0.29) is 0 Å². The van der Waals surface area contributed by atoms with Crippen LogP contribution >= 0.6 is 0 Å². The van der Waals surface area contributed by atoms with Crippen molar-refractivity contribution in [2.24, 2.45) is 0 Å². The highest BCUT2D eigenvalue weighted by molar-refractivity contribution is 5.48. The van der Waals surface area contributed by atoms with Crippen LogP contribution in [0, 0.1) is 13.8 Å². The van der Waals surface area contributed by atoms with Gasteiger partial charge in [0.2, 0.25) is 0 Å². The number of nitrogens with one attached hydrogen (secondary N) is 1. The molecule has 0 aliphatic heterocycles. The fourth-order valence-electron chi connectivity index (χ4n) is 2.85. The van der Waals surface area contributed by atoms with Gasteiger partial charge in [0.25, 0.3) is 0 Å². The first-order valence-corrected chi connectivity index (χ1v) is 9.11. The van der Waals surface area contributed by atoms with Crippen molar-refractivity contribution >= 4 is 5.69 Å². The van der Waals surface area contributed by atoms with Crippen LogP contribution < -0.4 is 10.1 Å². The number of aromatic nitrogens is 4. The van der Waals surface area contributed by atoms with Crippen molar-refractivity contribution in [1.82, 2.24) is 20.2 Å². The number of tetrazole rings is 1. The van der Waals surface area contributed by atoms with E-state index < -0.39 is 0 Å². The van der Waals surface area contributed by atoms with Crippen molar-refractivity contribution < 1.29 is 4.74 Å². The van der Waals surface area contributed by atoms with E-state index in [2.05, 4.69) is 59.0 Å². The van der Waals surface area contributed by atoms with Gasteiger partial charge in [-0.1, -0.05) is 41.5 Å². The smallest absolute Gasteiger partial charge is 0.345 e. The van der Waals surface area contributed by atoms with Crippen LogP contribution in [0.25, 0.3) is 5.69 Å². The highest BCUT2D eigenvalue weighted by Gasteiger charge is 2.10. The Labute approximate surface area is 163 Å². The largest absolute Gasteiger partial charge is 0.423 e. The molecule has 4 aromatic rings. The van der Waals surface area contributed by atoms with Crippen molar-refractivity contribution in [1.29, 1.82) is 0 Å². The van der Waals surface area contributed by atoms with Crippen molar-refractivity contribution in [3.8, 4) is 17.4 Å². The van der Waals surface area contributed by atoms with Gasteiger partial charge in [0.15, 0.2) is 0 Å². The first kappa shape index (κ1) is 17.7. The molecule has 0 saturated carbocycles. The van der Waals surface area contributed by atoms with E-state index in [0.717, 1.165) is 16.9 Å². The molecular formula is C22H21N5O. The van der Waals surface area contributed by atoms with Crippen molar-refractivity contribution in [2.45, 2.75) is 20.4 Å². The van der Waals surface area contributed by atoms with E-state index in [4.69, 9.17) is 4.74 Å². The summed E-state index contributed by atoms with van der Waals surface area (Å²) in [7, 11) is 0. The van der Waals surface area contributed by atoms with Gasteiger partial charge in [-0.3, -0.25) is 0 Å². The topological polar surface area (TPSA) is 64.9 Å². The fourth-order valence-corrected chi connectivity index (χ4v) is 2.85. The second-order valence-electron chi connectivity index (χ2n) is 6.61. The van der Waals surface area contributed by atoms with Crippen LogP contribution in [0.1, 0.15) is 16.7 Å². The minimum absolute atomic E-state index is 0.325. The monoisotopic (exact) mass is 371 g/mol. The molecule has 0 saturated heterocycles. The van der Waals surface area contributed by atoms with Crippen molar-refractivity contribution in [3.05, 3.63) is 89.5 Å². The lowest BCUT2D eigenvalue weighted by Crippen LogP contribution is -2.02. The summed E-state index contributed by atoms with van der Waals surface area (Å²) < 4.78 is 7.50. The van der Waals surface area contributed by atoms with Gasteiger partial charge in [0.1, 0.15) is 5.75 Å². The molecule has 3 aromatic carbocycles. The predicted octanol–water partition coefficient (Wildman–Crippen LogP) is 4.68. The van der Waals surface area contributed by atoms with Gasteiger partial charge in [-0.2, -0.15) is 4.68 Å². The van der Waals surface area contributed by atoms with Crippen LogP contribution in [0.5, 0.6) is 11.8 Å². The zero-order chi connectivity index (χ0) is 19.3. The highest BCUT2D eigenvalue weighted by Crippen LogP contribution is 2.23. The summed E-state index contributed by atoms with van der Waals surface area (Å²) in [5, 5.41) is 15.2. The quantitative estimate of drug-likeness (QED) is 0.533. The zero-order valence-corrected chi connectivity index (χ0v) is 15.8. The van der Waals surface area contributed by atoms with Gasteiger partial charge in [0, 0.05) is 12.2 Å². The number of benzene rings is 3. The molecule has 28 heavy (non-hydrogen) atoms. The molecule has 6 nitrogen and oxygen atoms in total. The standard InChI is InChI=1S/C22H21N5O/c1-16-11-12-19(13-17(16)2)23-15-18-7-6-10-21(14-18)28-22-24-25-26-27(22)20-8-4-3-5-9-20/h3-14,23H,15H2,1-2H3. The minimum Gasteiger partial charge on any atom is -0.423 e. The molecule has 0 fully saturated rings. The Bertz CT molecular complexity index is 1080. The first-order chi connectivity index (χ1) is 13.7. The summed E-state index contributed by atoms with van der Waals surface area (Å²) in [5.41, 5.74) is 5.61. The molecule has 1 N–H and O–H groups in total. The van der Waals surface area contributed by atoms with Gasteiger partial charge in [-0.25, -0.2) is 0 Å². The maximum Gasteiger partial charge on any atom is 0.345 e. The lowest BCUT2D eigenvalue weighted by molar-refractivity contribution is 0.427. The molecule has 140 valence electrons. The van der Waals surface area contributed by atoms with E-state index >= 15 is 0 Å².